The van der Waals surface area contributed by atoms with E-state index >= 15 is 0 Å². The van der Waals surface area contributed by atoms with E-state index < -0.39 is 0 Å². The van der Waals surface area contributed by atoms with Gasteiger partial charge in [0.2, 0.25) is 0 Å². The van der Waals surface area contributed by atoms with Crippen molar-refractivity contribution in [2.24, 2.45) is 0 Å². The fourth-order valence-corrected chi connectivity index (χ4v) is 3.70. The first-order valence-electron chi connectivity index (χ1n) is 8.33. The summed E-state index contributed by atoms with van der Waals surface area (Å²) < 4.78 is 0. The highest BCUT2D eigenvalue weighted by atomic mass is 16.2. The summed E-state index contributed by atoms with van der Waals surface area (Å²) in [5, 5.41) is 6.84. The normalized spacial score (nSPS) is 21.5. The molecule has 0 saturated carbocycles. The Hall–Kier alpha value is -1.62. The van der Waals surface area contributed by atoms with Gasteiger partial charge in [-0.1, -0.05) is 6.07 Å². The minimum absolute atomic E-state index is 0.0187. The number of nitrogens with zero attached hydrogens (tertiary/aromatic N) is 2. The molecule has 1 aromatic rings. The third-order valence-corrected chi connectivity index (χ3v) is 4.53. The molecule has 128 valence electrons. The van der Waals surface area contributed by atoms with Gasteiger partial charge in [0.05, 0.1) is 11.7 Å². The lowest BCUT2D eigenvalue weighted by Crippen LogP contribution is -2.62. The highest BCUT2D eigenvalue weighted by molar-refractivity contribution is 5.74. The van der Waals surface area contributed by atoms with Gasteiger partial charge in [-0.3, -0.25) is 4.98 Å². The molecule has 1 unspecified atom stereocenters. The lowest BCUT2D eigenvalue weighted by Gasteiger charge is -2.47. The molecule has 2 N–H and O–H groups in total. The first-order valence-corrected chi connectivity index (χ1v) is 8.33. The van der Waals surface area contributed by atoms with Crippen molar-refractivity contribution >= 4 is 6.03 Å². The van der Waals surface area contributed by atoms with E-state index in [1.165, 1.54) is 0 Å². The number of piperidine rings is 1. The highest BCUT2D eigenvalue weighted by Crippen LogP contribution is 2.28. The molecule has 1 aromatic heterocycles. The average Bonchev–Trinajstić information content (AvgIpc) is 2.43. The van der Waals surface area contributed by atoms with Crippen molar-refractivity contribution in [2.45, 2.75) is 70.6 Å². The zero-order chi connectivity index (χ0) is 17.3. The van der Waals surface area contributed by atoms with Crippen LogP contribution in [0.4, 0.5) is 4.79 Å². The van der Waals surface area contributed by atoms with Gasteiger partial charge in [-0.15, -0.1) is 0 Å². The number of carbonyl (C=O) groups excluding carboxylic acids is 1. The van der Waals surface area contributed by atoms with Crippen LogP contribution in [-0.4, -0.2) is 40.1 Å². The number of pyridine rings is 1. The van der Waals surface area contributed by atoms with Crippen molar-refractivity contribution in [1.82, 2.24) is 20.5 Å². The second-order valence-corrected chi connectivity index (χ2v) is 7.99. The van der Waals surface area contributed by atoms with Crippen molar-refractivity contribution < 1.29 is 4.79 Å². The number of aromatic nitrogens is 1. The number of urea groups is 1. The van der Waals surface area contributed by atoms with Gasteiger partial charge in [-0.2, -0.15) is 0 Å². The van der Waals surface area contributed by atoms with Gasteiger partial charge in [0, 0.05) is 30.4 Å². The fourth-order valence-electron chi connectivity index (χ4n) is 3.70. The molecule has 23 heavy (non-hydrogen) atoms. The summed E-state index contributed by atoms with van der Waals surface area (Å²) in [6.45, 7) is 10.7. The number of amides is 2. The minimum atomic E-state index is -0.0565. The van der Waals surface area contributed by atoms with Crippen LogP contribution in [0.25, 0.3) is 0 Å². The molecule has 1 aliphatic heterocycles. The molecule has 0 aliphatic carbocycles. The predicted octanol–water partition coefficient (Wildman–Crippen LogP) is 3.09. The Labute approximate surface area is 139 Å². The fraction of sp³-hybridized carbons (Fsp3) is 0.667. The molecular formula is C18H30N4O. The zero-order valence-electron chi connectivity index (χ0n) is 15.2. The van der Waals surface area contributed by atoms with Gasteiger partial charge in [0.15, 0.2) is 0 Å². The van der Waals surface area contributed by atoms with Crippen LogP contribution in [0, 0.1) is 0 Å². The topological polar surface area (TPSA) is 57.3 Å². The summed E-state index contributed by atoms with van der Waals surface area (Å²) in [5.74, 6) is 0. The molecule has 5 nitrogen and oxygen atoms in total. The maximum absolute atomic E-state index is 12.6. The maximum atomic E-state index is 12.6. The first kappa shape index (κ1) is 17.7. The summed E-state index contributed by atoms with van der Waals surface area (Å²) in [6.07, 6.45) is 3.61. The van der Waals surface area contributed by atoms with Crippen LogP contribution in [0.3, 0.4) is 0 Å². The summed E-state index contributed by atoms with van der Waals surface area (Å²) in [7, 11) is 1.83. The minimum Gasteiger partial charge on any atom is -0.335 e. The van der Waals surface area contributed by atoms with E-state index in [4.69, 9.17) is 0 Å². The predicted molar refractivity (Wildman–Crippen MR) is 93.3 cm³/mol. The van der Waals surface area contributed by atoms with Crippen LogP contribution in [-0.2, 0) is 0 Å². The molecule has 2 heterocycles. The lowest BCUT2D eigenvalue weighted by molar-refractivity contribution is 0.137. The largest absolute Gasteiger partial charge is 0.335 e. The smallest absolute Gasteiger partial charge is 0.317 e. The third kappa shape index (κ3) is 4.67. The van der Waals surface area contributed by atoms with Crippen LogP contribution in [0.15, 0.2) is 24.4 Å². The monoisotopic (exact) mass is 318 g/mol. The van der Waals surface area contributed by atoms with Crippen LogP contribution < -0.4 is 10.6 Å². The number of carbonyl (C=O) groups is 1. The molecule has 0 aromatic carbocycles. The molecule has 1 fully saturated rings. The Morgan fingerprint density at radius 2 is 1.91 bits per heavy atom. The van der Waals surface area contributed by atoms with Gasteiger partial charge in [0.25, 0.3) is 0 Å². The SMILES string of the molecule is CC(c1ccccn1)N(C)C(=O)NC1CC(C)(C)NC(C)(C)C1. The standard InChI is InChI=1S/C18H30N4O/c1-13(15-9-7-8-10-19-15)22(6)16(23)20-14-11-17(2,3)21-18(4,5)12-14/h7-10,13-14,21H,11-12H2,1-6H3,(H,20,23). The third-order valence-electron chi connectivity index (χ3n) is 4.53. The van der Waals surface area contributed by atoms with Crippen molar-refractivity contribution in [3.8, 4) is 0 Å². The lowest BCUT2D eigenvalue weighted by atomic mass is 9.79. The van der Waals surface area contributed by atoms with E-state index in [1.54, 1.807) is 11.1 Å². The molecule has 2 amide bonds. The van der Waals surface area contributed by atoms with Crippen LogP contribution in [0.2, 0.25) is 0 Å². The summed E-state index contributed by atoms with van der Waals surface area (Å²) in [5.41, 5.74) is 0.937. The van der Waals surface area contributed by atoms with E-state index in [-0.39, 0.29) is 29.2 Å². The first-order chi connectivity index (χ1) is 10.6. The molecule has 1 aliphatic rings. The van der Waals surface area contributed by atoms with Crippen molar-refractivity contribution in [3.63, 3.8) is 0 Å². The van der Waals surface area contributed by atoms with Crippen LogP contribution >= 0.6 is 0 Å². The zero-order valence-corrected chi connectivity index (χ0v) is 15.2. The highest BCUT2D eigenvalue weighted by Gasteiger charge is 2.38. The number of rotatable bonds is 3. The van der Waals surface area contributed by atoms with Crippen LogP contribution in [0.1, 0.15) is 59.2 Å². The number of hydrogen-bond donors (Lipinski definition) is 2. The second kappa shape index (κ2) is 6.48. The van der Waals surface area contributed by atoms with E-state index in [1.807, 2.05) is 32.2 Å². The maximum Gasteiger partial charge on any atom is 0.317 e. The Morgan fingerprint density at radius 3 is 2.43 bits per heavy atom. The van der Waals surface area contributed by atoms with E-state index in [0.29, 0.717) is 0 Å². The second-order valence-electron chi connectivity index (χ2n) is 7.99. The number of hydrogen-bond acceptors (Lipinski definition) is 3. The molecule has 2 rings (SSSR count). The van der Waals surface area contributed by atoms with Crippen LogP contribution in [0.5, 0.6) is 0 Å². The van der Waals surface area contributed by atoms with Crippen molar-refractivity contribution in [3.05, 3.63) is 30.1 Å². The summed E-state index contributed by atoms with van der Waals surface area (Å²) >= 11 is 0. The average molecular weight is 318 g/mol. The Morgan fingerprint density at radius 1 is 1.30 bits per heavy atom. The molecule has 0 bridgehead atoms. The molecule has 1 saturated heterocycles. The van der Waals surface area contributed by atoms with Gasteiger partial charge >= 0.3 is 6.03 Å². The molecule has 1 atom stereocenters. The van der Waals surface area contributed by atoms with E-state index in [2.05, 4.69) is 43.3 Å². The van der Waals surface area contributed by atoms with E-state index in [9.17, 15) is 4.79 Å². The van der Waals surface area contributed by atoms with Crippen molar-refractivity contribution in [2.75, 3.05) is 7.05 Å². The van der Waals surface area contributed by atoms with Gasteiger partial charge in [0.1, 0.15) is 0 Å². The van der Waals surface area contributed by atoms with Gasteiger partial charge in [-0.25, -0.2) is 4.79 Å². The molecule has 0 radical (unpaired) electrons. The molecule has 5 heteroatoms. The summed E-state index contributed by atoms with van der Waals surface area (Å²) in [6, 6.07) is 5.86. The summed E-state index contributed by atoms with van der Waals surface area (Å²) in [4.78, 5) is 18.7. The van der Waals surface area contributed by atoms with Gasteiger partial charge in [-0.05, 0) is 59.6 Å². The Bertz CT molecular complexity index is 525. The number of nitrogens with one attached hydrogen (secondary N) is 2. The Kier molecular flexibility index (Phi) is 4.99. The van der Waals surface area contributed by atoms with Crippen molar-refractivity contribution in [1.29, 1.82) is 0 Å². The van der Waals surface area contributed by atoms with E-state index in [0.717, 1.165) is 18.5 Å². The molecular weight excluding hydrogens is 288 g/mol. The Balaban J connectivity index is 2.01. The molecule has 0 spiro atoms. The quantitative estimate of drug-likeness (QED) is 0.900. The van der Waals surface area contributed by atoms with Gasteiger partial charge < -0.3 is 15.5 Å².